The summed E-state index contributed by atoms with van der Waals surface area (Å²) in [6.07, 6.45) is 0.00336. The third-order valence-corrected chi connectivity index (χ3v) is 7.26. The molecule has 0 aliphatic carbocycles. The van der Waals surface area contributed by atoms with E-state index in [0.717, 1.165) is 16.7 Å². The number of pyridine rings is 1. The molecule has 2 aromatic carbocycles. The van der Waals surface area contributed by atoms with Gasteiger partial charge in [-0.3, -0.25) is 25.2 Å². The van der Waals surface area contributed by atoms with Gasteiger partial charge in [-0.2, -0.15) is 0 Å². The Labute approximate surface area is 188 Å². The number of hydrogen-bond donors (Lipinski definition) is 3. The average molecular weight is 467 g/mol. The van der Waals surface area contributed by atoms with Crippen LogP contribution in [-0.4, -0.2) is 25.2 Å². The van der Waals surface area contributed by atoms with Gasteiger partial charge in [0, 0.05) is 11.1 Å². The smallest absolute Gasteiger partial charge is 0.279 e. The summed E-state index contributed by atoms with van der Waals surface area (Å²) in [7, 11) is -3.63. The van der Waals surface area contributed by atoms with Crippen LogP contribution in [0, 0.1) is 0 Å². The van der Waals surface area contributed by atoms with Gasteiger partial charge < -0.3 is 0 Å². The van der Waals surface area contributed by atoms with Crippen molar-refractivity contribution in [3.63, 3.8) is 0 Å². The van der Waals surface area contributed by atoms with Crippen molar-refractivity contribution in [3.8, 4) is 0 Å². The Bertz CT molecular complexity index is 1370. The van der Waals surface area contributed by atoms with Gasteiger partial charge in [0.2, 0.25) is 5.91 Å². The molecule has 0 aliphatic rings. The van der Waals surface area contributed by atoms with Crippen LogP contribution in [0.2, 0.25) is 0 Å². The van der Waals surface area contributed by atoms with E-state index in [1.165, 1.54) is 6.07 Å². The normalized spacial score (nSPS) is 11.1. The van der Waals surface area contributed by atoms with Gasteiger partial charge in [0.15, 0.2) is 0 Å². The molecular formula is C22H18N4O4S2. The molecule has 2 amide bonds. The number of amides is 2. The molecule has 2 aromatic heterocycles. The number of carbonyl (C=O) groups is 2. The molecular weight excluding hydrogens is 448 g/mol. The van der Waals surface area contributed by atoms with E-state index in [9.17, 15) is 18.0 Å². The molecule has 0 bridgehead atoms. The Morgan fingerprint density at radius 3 is 2.41 bits per heavy atom. The first-order valence-corrected chi connectivity index (χ1v) is 11.9. The van der Waals surface area contributed by atoms with Crippen molar-refractivity contribution in [2.24, 2.45) is 0 Å². The molecule has 4 rings (SSSR count). The van der Waals surface area contributed by atoms with Crippen LogP contribution in [0.4, 0.5) is 5.69 Å². The van der Waals surface area contributed by atoms with Gasteiger partial charge in [0.1, 0.15) is 9.90 Å². The molecule has 0 aliphatic heterocycles. The van der Waals surface area contributed by atoms with Crippen molar-refractivity contribution in [1.82, 2.24) is 15.8 Å². The number of hydrazine groups is 1. The second kappa shape index (κ2) is 9.16. The number of aromatic nitrogens is 1. The van der Waals surface area contributed by atoms with E-state index in [1.807, 2.05) is 18.2 Å². The molecule has 0 atom stereocenters. The molecule has 0 radical (unpaired) electrons. The van der Waals surface area contributed by atoms with Gasteiger partial charge in [-0.25, -0.2) is 13.4 Å². The zero-order valence-electron chi connectivity index (χ0n) is 16.6. The number of nitrogens with one attached hydrogen (secondary N) is 3. The molecule has 0 spiro atoms. The molecule has 0 saturated carbocycles. The van der Waals surface area contributed by atoms with Crippen LogP contribution >= 0.6 is 11.3 Å². The highest BCUT2D eigenvalue weighted by Gasteiger charge is 2.15. The number of anilines is 1. The van der Waals surface area contributed by atoms with Crippen molar-refractivity contribution in [1.29, 1.82) is 0 Å². The Balaban J connectivity index is 1.31. The summed E-state index contributed by atoms with van der Waals surface area (Å²) in [5.41, 5.74) is 6.62. The van der Waals surface area contributed by atoms with E-state index >= 15 is 0 Å². The maximum atomic E-state index is 12.3. The molecule has 162 valence electrons. The summed E-state index contributed by atoms with van der Waals surface area (Å²) in [6, 6.07) is 20.4. The predicted octanol–water partition coefficient (Wildman–Crippen LogP) is 3.10. The first-order valence-electron chi connectivity index (χ1n) is 9.51. The Morgan fingerprint density at radius 1 is 0.875 bits per heavy atom. The Kier molecular flexibility index (Phi) is 6.15. The van der Waals surface area contributed by atoms with Gasteiger partial charge >= 0.3 is 0 Å². The zero-order chi connectivity index (χ0) is 22.6. The van der Waals surface area contributed by atoms with E-state index in [4.69, 9.17) is 0 Å². The van der Waals surface area contributed by atoms with E-state index in [2.05, 4.69) is 20.6 Å². The number of sulfonamides is 1. The van der Waals surface area contributed by atoms with Crippen LogP contribution in [0.5, 0.6) is 0 Å². The number of thiophene rings is 1. The summed E-state index contributed by atoms with van der Waals surface area (Å²) in [5, 5.41) is 2.60. The quantitative estimate of drug-likeness (QED) is 0.378. The number of hydrogen-bond acceptors (Lipinski definition) is 6. The van der Waals surface area contributed by atoms with Crippen molar-refractivity contribution < 1.29 is 18.0 Å². The monoisotopic (exact) mass is 466 g/mol. The fraction of sp³-hybridized carbons (Fsp3) is 0.0455. The second-order valence-corrected chi connectivity index (χ2v) is 9.66. The van der Waals surface area contributed by atoms with Crippen LogP contribution in [0.1, 0.15) is 16.1 Å². The van der Waals surface area contributed by atoms with Gasteiger partial charge in [0.25, 0.3) is 15.9 Å². The highest BCUT2D eigenvalue weighted by Crippen LogP contribution is 2.20. The summed E-state index contributed by atoms with van der Waals surface area (Å²) in [6.45, 7) is 0. The number of fused-ring (bicyclic) bond motifs is 1. The lowest BCUT2D eigenvalue weighted by Crippen LogP contribution is -2.42. The SMILES string of the molecule is O=C(Cc1ccc(NS(=O)(=O)c2cccs2)cc1)NNC(=O)c1ccc2ccccc2n1. The summed E-state index contributed by atoms with van der Waals surface area (Å²) in [4.78, 5) is 28.7. The number of benzene rings is 2. The molecule has 0 saturated heterocycles. The molecule has 2 heterocycles. The molecule has 8 nitrogen and oxygen atoms in total. The zero-order valence-corrected chi connectivity index (χ0v) is 18.2. The van der Waals surface area contributed by atoms with Crippen molar-refractivity contribution >= 4 is 49.8 Å². The second-order valence-electron chi connectivity index (χ2n) is 6.80. The summed E-state index contributed by atoms with van der Waals surface area (Å²) < 4.78 is 27.2. The van der Waals surface area contributed by atoms with Gasteiger partial charge in [-0.1, -0.05) is 42.5 Å². The number of nitrogens with zero attached hydrogens (tertiary/aromatic N) is 1. The minimum atomic E-state index is -3.63. The largest absolute Gasteiger partial charge is 0.288 e. The minimum Gasteiger partial charge on any atom is -0.279 e. The number of para-hydroxylation sites is 1. The summed E-state index contributed by atoms with van der Waals surface area (Å²) >= 11 is 1.12. The van der Waals surface area contributed by atoms with Crippen molar-refractivity contribution in [3.05, 3.63) is 89.4 Å². The van der Waals surface area contributed by atoms with Crippen LogP contribution in [0.25, 0.3) is 10.9 Å². The molecule has 4 aromatic rings. The molecule has 3 N–H and O–H groups in total. The first-order chi connectivity index (χ1) is 15.4. The summed E-state index contributed by atoms with van der Waals surface area (Å²) in [5.74, 6) is -0.950. The lowest BCUT2D eigenvalue weighted by atomic mass is 10.1. The van der Waals surface area contributed by atoms with E-state index in [0.29, 0.717) is 16.8 Å². The predicted molar refractivity (Wildman–Crippen MR) is 123 cm³/mol. The molecule has 0 unspecified atom stereocenters. The van der Waals surface area contributed by atoms with Gasteiger partial charge in [0.05, 0.1) is 11.9 Å². The highest BCUT2D eigenvalue weighted by atomic mass is 32.2. The topological polar surface area (TPSA) is 117 Å². The maximum absolute atomic E-state index is 12.3. The van der Waals surface area contributed by atoms with E-state index in [-0.39, 0.29) is 16.3 Å². The van der Waals surface area contributed by atoms with E-state index in [1.54, 1.807) is 53.9 Å². The highest BCUT2D eigenvalue weighted by molar-refractivity contribution is 7.94. The third-order valence-electron chi connectivity index (χ3n) is 4.48. The van der Waals surface area contributed by atoms with Crippen molar-refractivity contribution in [2.75, 3.05) is 4.72 Å². The van der Waals surface area contributed by atoms with Crippen LogP contribution in [0.15, 0.2) is 82.4 Å². The van der Waals surface area contributed by atoms with Crippen LogP contribution < -0.4 is 15.6 Å². The maximum Gasteiger partial charge on any atom is 0.288 e. The van der Waals surface area contributed by atoms with Crippen LogP contribution in [-0.2, 0) is 21.2 Å². The van der Waals surface area contributed by atoms with Gasteiger partial charge in [-0.15, -0.1) is 11.3 Å². The van der Waals surface area contributed by atoms with Crippen molar-refractivity contribution in [2.45, 2.75) is 10.6 Å². The first kappa shape index (κ1) is 21.5. The third kappa shape index (κ3) is 5.10. The standard InChI is InChI=1S/C22H18N4O4S2/c27-20(24-25-22(28)19-12-9-16-4-1-2-5-18(16)23-19)14-15-7-10-17(11-8-15)26-32(29,30)21-6-3-13-31-21/h1-13,26H,14H2,(H,24,27)(H,25,28). The molecule has 0 fully saturated rings. The number of carbonyl (C=O) groups excluding carboxylic acids is 2. The Hall–Kier alpha value is -3.76. The van der Waals surface area contributed by atoms with Gasteiger partial charge in [-0.05, 0) is 41.3 Å². The number of rotatable bonds is 6. The minimum absolute atomic E-state index is 0.00336. The Morgan fingerprint density at radius 2 is 1.66 bits per heavy atom. The molecule has 10 heteroatoms. The van der Waals surface area contributed by atoms with E-state index < -0.39 is 21.8 Å². The lowest BCUT2D eigenvalue weighted by molar-refractivity contribution is -0.121. The average Bonchev–Trinajstić information content (AvgIpc) is 3.34. The van der Waals surface area contributed by atoms with Crippen LogP contribution in [0.3, 0.4) is 0 Å². The molecule has 32 heavy (non-hydrogen) atoms. The fourth-order valence-corrected chi connectivity index (χ4v) is 4.98. The lowest BCUT2D eigenvalue weighted by Gasteiger charge is -2.09. The fourth-order valence-electron chi connectivity index (χ4n) is 2.93.